The number of aromatic nitrogens is 3. The lowest BCUT2D eigenvalue weighted by Crippen LogP contribution is -2.48. The van der Waals surface area contributed by atoms with Gasteiger partial charge in [-0.3, -0.25) is 9.89 Å². The number of carboxylic acid groups (broad SMARTS) is 1. The predicted molar refractivity (Wildman–Crippen MR) is 129 cm³/mol. The first-order valence-corrected chi connectivity index (χ1v) is 12.0. The standard InChI is InChI=1S/C27H22F2N4O4/c28-20-2-1-15(8-21(20)29)23-18-7-16-12-31-33-22(16)9-19(18)25(32-24(23)14-3-5-36-6-4-14)37-17-10-27(11-17,13-30)26(34)35/h1-2,7-9,12,14,17H,3-6,10-11H2,(H,31,33)(H,34,35). The summed E-state index contributed by atoms with van der Waals surface area (Å²) in [6, 6.07) is 9.47. The van der Waals surface area contributed by atoms with E-state index in [-0.39, 0.29) is 18.8 Å². The van der Waals surface area contributed by atoms with Gasteiger partial charge in [-0.1, -0.05) is 6.07 Å². The van der Waals surface area contributed by atoms with Gasteiger partial charge in [-0.05, 0) is 48.1 Å². The number of rotatable bonds is 5. The molecule has 0 atom stereocenters. The van der Waals surface area contributed by atoms with Gasteiger partial charge in [0.25, 0.3) is 0 Å². The Morgan fingerprint density at radius 3 is 2.65 bits per heavy atom. The van der Waals surface area contributed by atoms with Crippen LogP contribution in [0.15, 0.2) is 36.5 Å². The summed E-state index contributed by atoms with van der Waals surface area (Å²) in [5, 5.41) is 28.1. The van der Waals surface area contributed by atoms with Gasteiger partial charge >= 0.3 is 5.97 Å². The molecular formula is C27H22F2N4O4. The Balaban J connectivity index is 1.55. The van der Waals surface area contributed by atoms with E-state index < -0.39 is 29.1 Å². The van der Waals surface area contributed by atoms with Crippen molar-refractivity contribution in [2.45, 2.75) is 37.7 Å². The molecule has 0 amide bonds. The molecule has 37 heavy (non-hydrogen) atoms. The molecule has 2 aromatic heterocycles. The number of aliphatic carboxylic acids is 1. The number of nitrogens with zero attached hydrogens (tertiary/aromatic N) is 3. The maximum Gasteiger partial charge on any atom is 0.324 e. The van der Waals surface area contributed by atoms with E-state index in [0.717, 1.165) is 22.4 Å². The number of halogens is 2. The molecule has 8 nitrogen and oxygen atoms in total. The fourth-order valence-corrected chi connectivity index (χ4v) is 5.32. The van der Waals surface area contributed by atoms with Crippen molar-refractivity contribution >= 4 is 27.6 Å². The second-order valence-electron chi connectivity index (χ2n) is 9.69. The highest BCUT2D eigenvalue weighted by Gasteiger charge is 2.53. The summed E-state index contributed by atoms with van der Waals surface area (Å²) < 4.78 is 40.0. The van der Waals surface area contributed by atoms with Crippen molar-refractivity contribution in [3.8, 4) is 23.1 Å². The lowest BCUT2D eigenvalue weighted by atomic mass is 9.68. The Labute approximate surface area is 209 Å². The van der Waals surface area contributed by atoms with E-state index in [9.17, 15) is 23.9 Å². The number of fused-ring (bicyclic) bond motifs is 2. The number of pyridine rings is 1. The van der Waals surface area contributed by atoms with Crippen LogP contribution < -0.4 is 4.74 Å². The first kappa shape index (κ1) is 23.3. The number of ether oxygens (including phenoxy) is 2. The fourth-order valence-electron chi connectivity index (χ4n) is 5.32. The second kappa shape index (κ2) is 8.78. The number of carbonyl (C=O) groups is 1. The molecule has 0 spiro atoms. The lowest BCUT2D eigenvalue weighted by molar-refractivity contribution is -0.154. The van der Waals surface area contributed by atoms with E-state index in [1.807, 2.05) is 18.2 Å². The zero-order chi connectivity index (χ0) is 25.7. The molecule has 1 saturated carbocycles. The van der Waals surface area contributed by atoms with Crippen LogP contribution in [0.1, 0.15) is 37.3 Å². The van der Waals surface area contributed by atoms with Crippen LogP contribution in [-0.2, 0) is 9.53 Å². The molecule has 1 aliphatic heterocycles. The van der Waals surface area contributed by atoms with E-state index in [4.69, 9.17) is 14.5 Å². The monoisotopic (exact) mass is 504 g/mol. The van der Waals surface area contributed by atoms with Crippen molar-refractivity contribution < 1.29 is 28.2 Å². The molecule has 188 valence electrons. The molecule has 0 unspecified atom stereocenters. The number of benzene rings is 2. The van der Waals surface area contributed by atoms with Crippen LogP contribution in [-0.4, -0.2) is 45.6 Å². The molecule has 2 aromatic carbocycles. The van der Waals surface area contributed by atoms with Crippen LogP contribution in [0.5, 0.6) is 5.88 Å². The molecule has 1 aliphatic carbocycles. The quantitative estimate of drug-likeness (QED) is 0.388. The largest absolute Gasteiger partial charge is 0.480 e. The predicted octanol–water partition coefficient (Wildman–Crippen LogP) is 5.09. The SMILES string of the molecule is N#CC1(C(=O)O)CC(Oc2nc(C3CCOCC3)c(-c3ccc(F)c(F)c3)c3cc4cn[nH]c4cc23)C1. The maximum atomic E-state index is 14.4. The van der Waals surface area contributed by atoms with E-state index in [2.05, 4.69) is 10.2 Å². The highest BCUT2D eigenvalue weighted by atomic mass is 19.2. The third-order valence-electron chi connectivity index (χ3n) is 7.43. The summed E-state index contributed by atoms with van der Waals surface area (Å²) in [6.07, 6.45) is 2.67. The highest BCUT2D eigenvalue weighted by Crippen LogP contribution is 2.46. The van der Waals surface area contributed by atoms with Crippen LogP contribution in [0, 0.1) is 28.4 Å². The Hall–Kier alpha value is -4.10. The Bertz CT molecular complexity index is 1580. The second-order valence-corrected chi connectivity index (χ2v) is 9.69. The molecule has 2 N–H and O–H groups in total. The van der Waals surface area contributed by atoms with Crippen LogP contribution in [0.3, 0.4) is 0 Å². The minimum Gasteiger partial charge on any atom is -0.480 e. The summed E-state index contributed by atoms with van der Waals surface area (Å²) in [5.41, 5.74) is 1.13. The molecule has 4 aromatic rings. The molecule has 0 bridgehead atoms. The molecular weight excluding hydrogens is 482 g/mol. The number of hydrogen-bond donors (Lipinski definition) is 2. The Kier molecular flexibility index (Phi) is 5.53. The van der Waals surface area contributed by atoms with Crippen LogP contribution in [0.4, 0.5) is 8.78 Å². The summed E-state index contributed by atoms with van der Waals surface area (Å²) >= 11 is 0. The van der Waals surface area contributed by atoms with E-state index >= 15 is 0 Å². The molecule has 2 fully saturated rings. The van der Waals surface area contributed by atoms with Crippen molar-refractivity contribution in [3.63, 3.8) is 0 Å². The topological polar surface area (TPSA) is 121 Å². The smallest absolute Gasteiger partial charge is 0.324 e. The number of nitrogens with one attached hydrogen (secondary N) is 1. The van der Waals surface area contributed by atoms with Crippen molar-refractivity contribution in [2.24, 2.45) is 5.41 Å². The van der Waals surface area contributed by atoms with Gasteiger partial charge in [0, 0.05) is 48.3 Å². The van der Waals surface area contributed by atoms with Crippen LogP contribution in [0.2, 0.25) is 0 Å². The van der Waals surface area contributed by atoms with Gasteiger partial charge in [-0.15, -0.1) is 0 Å². The van der Waals surface area contributed by atoms with Gasteiger partial charge in [-0.2, -0.15) is 10.4 Å². The zero-order valence-corrected chi connectivity index (χ0v) is 19.6. The zero-order valence-electron chi connectivity index (χ0n) is 19.6. The van der Waals surface area contributed by atoms with Gasteiger partial charge in [0.05, 0.1) is 23.5 Å². The third kappa shape index (κ3) is 3.86. The number of H-pyrrole nitrogens is 1. The van der Waals surface area contributed by atoms with Crippen LogP contribution >= 0.6 is 0 Å². The average molecular weight is 504 g/mol. The Morgan fingerprint density at radius 2 is 1.95 bits per heavy atom. The fraction of sp³-hybridized carbons (Fsp3) is 0.333. The normalized spacial score (nSPS) is 22.0. The number of hydrogen-bond acceptors (Lipinski definition) is 6. The number of nitriles is 1. The van der Waals surface area contributed by atoms with Crippen molar-refractivity contribution in [3.05, 3.63) is 53.9 Å². The maximum absolute atomic E-state index is 14.4. The molecule has 1 saturated heterocycles. The van der Waals surface area contributed by atoms with Crippen molar-refractivity contribution in [1.29, 1.82) is 5.26 Å². The molecule has 6 rings (SSSR count). The summed E-state index contributed by atoms with van der Waals surface area (Å²) in [5.74, 6) is -2.76. The minimum atomic E-state index is -1.47. The first-order chi connectivity index (χ1) is 17.9. The summed E-state index contributed by atoms with van der Waals surface area (Å²) in [4.78, 5) is 16.5. The van der Waals surface area contributed by atoms with Crippen LogP contribution in [0.25, 0.3) is 32.8 Å². The van der Waals surface area contributed by atoms with Gasteiger partial charge in [-0.25, -0.2) is 13.8 Å². The number of aromatic amines is 1. The third-order valence-corrected chi connectivity index (χ3v) is 7.43. The minimum absolute atomic E-state index is 0.0118. The molecule has 3 heterocycles. The summed E-state index contributed by atoms with van der Waals surface area (Å²) in [6.45, 7) is 1.09. The molecule has 0 radical (unpaired) electrons. The van der Waals surface area contributed by atoms with Gasteiger partial charge in [0.1, 0.15) is 6.10 Å². The van der Waals surface area contributed by atoms with Gasteiger partial charge in [0.15, 0.2) is 17.0 Å². The lowest BCUT2D eigenvalue weighted by Gasteiger charge is -2.38. The van der Waals surface area contributed by atoms with Gasteiger partial charge in [0.2, 0.25) is 5.88 Å². The average Bonchev–Trinajstić information content (AvgIpc) is 3.34. The van der Waals surface area contributed by atoms with E-state index in [1.54, 1.807) is 6.20 Å². The molecule has 10 heteroatoms. The van der Waals surface area contributed by atoms with Crippen molar-refractivity contribution in [2.75, 3.05) is 13.2 Å². The highest BCUT2D eigenvalue weighted by molar-refractivity contribution is 6.06. The summed E-state index contributed by atoms with van der Waals surface area (Å²) in [7, 11) is 0. The molecule has 2 aliphatic rings. The van der Waals surface area contributed by atoms with E-state index in [0.29, 0.717) is 54.1 Å². The van der Waals surface area contributed by atoms with Crippen molar-refractivity contribution in [1.82, 2.24) is 15.2 Å². The number of carboxylic acids is 1. The first-order valence-electron chi connectivity index (χ1n) is 12.0. The Morgan fingerprint density at radius 1 is 1.16 bits per heavy atom. The van der Waals surface area contributed by atoms with E-state index in [1.165, 1.54) is 12.1 Å². The van der Waals surface area contributed by atoms with Gasteiger partial charge < -0.3 is 14.6 Å².